The second-order valence-electron chi connectivity index (χ2n) is 4.60. The number of carbonyl (C=O) groups excluding carboxylic acids is 1. The first kappa shape index (κ1) is 14.9. The van der Waals surface area contributed by atoms with Crippen molar-refractivity contribution in [3.8, 4) is 5.75 Å². The highest BCUT2D eigenvalue weighted by Gasteiger charge is 2.22. The number of rotatable bonds is 4. The molecular weight excluding hydrogens is 395 g/mol. The predicted molar refractivity (Wildman–Crippen MR) is 91.1 cm³/mol. The number of halogens is 1. The minimum Gasteiger partial charge on any atom is -0.494 e. The van der Waals surface area contributed by atoms with Crippen LogP contribution in [-0.4, -0.2) is 12.6 Å². The van der Waals surface area contributed by atoms with Gasteiger partial charge in [-0.2, -0.15) is 0 Å². The van der Waals surface area contributed by atoms with Crippen molar-refractivity contribution >= 4 is 40.4 Å². The summed E-state index contributed by atoms with van der Waals surface area (Å²) >= 11 is 2.08. The first-order chi connectivity index (χ1) is 10.7. The highest BCUT2D eigenvalue weighted by atomic mass is 127. The molecule has 0 atom stereocenters. The fraction of sp³-hybridized carbons (Fsp3) is 0.118. The van der Waals surface area contributed by atoms with Crippen molar-refractivity contribution in [1.82, 2.24) is 0 Å². The SMILES string of the molecule is CCOc1ccc(C2=CC(=Cc3ccc(I)o3)C(=O)O2)cc1. The number of cyclic esters (lactones) is 1. The van der Waals surface area contributed by atoms with Gasteiger partial charge in [0.1, 0.15) is 17.3 Å². The normalized spacial score (nSPS) is 15.8. The predicted octanol–water partition coefficient (Wildman–Crippen LogP) is 4.26. The van der Waals surface area contributed by atoms with Crippen LogP contribution in [0.2, 0.25) is 0 Å². The maximum Gasteiger partial charge on any atom is 0.343 e. The Balaban J connectivity index is 1.84. The molecule has 1 aliphatic heterocycles. The standard InChI is InChI=1S/C17H13IO4/c1-2-20-13-5-3-11(4-6-13)15-10-12(17(19)22-15)9-14-7-8-16(18)21-14/h3-10H,2H2,1H3. The zero-order valence-corrected chi connectivity index (χ0v) is 14.0. The lowest BCUT2D eigenvalue weighted by atomic mass is 10.1. The van der Waals surface area contributed by atoms with Crippen molar-refractivity contribution in [3.05, 3.63) is 63.1 Å². The monoisotopic (exact) mass is 408 g/mol. The summed E-state index contributed by atoms with van der Waals surface area (Å²) in [6.07, 6.45) is 3.39. The smallest absolute Gasteiger partial charge is 0.343 e. The number of benzene rings is 1. The molecule has 5 heteroatoms. The summed E-state index contributed by atoms with van der Waals surface area (Å²) in [5.74, 6) is 1.56. The van der Waals surface area contributed by atoms with Crippen molar-refractivity contribution in [3.63, 3.8) is 0 Å². The number of esters is 1. The van der Waals surface area contributed by atoms with Crippen LogP contribution in [0.5, 0.6) is 5.75 Å². The maximum atomic E-state index is 11.9. The van der Waals surface area contributed by atoms with Crippen LogP contribution in [0.25, 0.3) is 11.8 Å². The second-order valence-corrected chi connectivity index (χ2v) is 5.66. The molecule has 4 nitrogen and oxygen atoms in total. The van der Waals surface area contributed by atoms with Gasteiger partial charge in [0.2, 0.25) is 0 Å². The molecule has 3 rings (SSSR count). The average Bonchev–Trinajstić information content (AvgIpc) is 3.07. The van der Waals surface area contributed by atoms with E-state index >= 15 is 0 Å². The van der Waals surface area contributed by atoms with E-state index in [2.05, 4.69) is 22.6 Å². The van der Waals surface area contributed by atoms with Crippen molar-refractivity contribution < 1.29 is 18.7 Å². The van der Waals surface area contributed by atoms with Gasteiger partial charge in [0.15, 0.2) is 3.77 Å². The summed E-state index contributed by atoms with van der Waals surface area (Å²) in [5.41, 5.74) is 1.30. The van der Waals surface area contributed by atoms with E-state index in [4.69, 9.17) is 13.9 Å². The van der Waals surface area contributed by atoms with Crippen molar-refractivity contribution in [2.24, 2.45) is 0 Å². The molecule has 0 N–H and O–H groups in total. The summed E-state index contributed by atoms with van der Waals surface area (Å²) in [4.78, 5) is 11.9. The summed E-state index contributed by atoms with van der Waals surface area (Å²) in [6, 6.07) is 11.1. The number of furan rings is 1. The highest BCUT2D eigenvalue weighted by molar-refractivity contribution is 14.1. The fourth-order valence-electron chi connectivity index (χ4n) is 2.07. The van der Waals surface area contributed by atoms with E-state index in [0.29, 0.717) is 23.7 Å². The molecule has 0 unspecified atom stereocenters. The molecule has 0 saturated heterocycles. The Kier molecular flexibility index (Phi) is 4.33. The third kappa shape index (κ3) is 3.24. The molecule has 1 aliphatic rings. The topological polar surface area (TPSA) is 48.7 Å². The van der Waals surface area contributed by atoms with Crippen LogP contribution >= 0.6 is 22.6 Å². The minimum absolute atomic E-state index is 0.379. The number of hydrogen-bond donors (Lipinski definition) is 0. The molecule has 2 aromatic rings. The van der Waals surface area contributed by atoms with Crippen LogP contribution < -0.4 is 4.74 Å². The Labute approximate surface area is 141 Å². The number of hydrogen-bond acceptors (Lipinski definition) is 4. The van der Waals surface area contributed by atoms with E-state index in [9.17, 15) is 4.79 Å². The zero-order chi connectivity index (χ0) is 15.5. The minimum atomic E-state index is -0.379. The van der Waals surface area contributed by atoms with E-state index in [1.807, 2.05) is 43.3 Å². The fourth-order valence-corrected chi connectivity index (χ4v) is 2.51. The van der Waals surface area contributed by atoms with Crippen molar-refractivity contribution in [2.75, 3.05) is 6.61 Å². The molecule has 0 fully saturated rings. The van der Waals surface area contributed by atoms with E-state index in [0.717, 1.165) is 15.1 Å². The molecule has 0 saturated carbocycles. The van der Waals surface area contributed by atoms with Gasteiger partial charge in [0.25, 0.3) is 0 Å². The van der Waals surface area contributed by atoms with E-state index < -0.39 is 0 Å². The molecule has 1 aromatic carbocycles. The van der Waals surface area contributed by atoms with Crippen LogP contribution in [0, 0.1) is 3.77 Å². The van der Waals surface area contributed by atoms with Crippen molar-refractivity contribution in [1.29, 1.82) is 0 Å². The molecule has 0 bridgehead atoms. The molecule has 0 aliphatic carbocycles. The van der Waals surface area contributed by atoms with Gasteiger partial charge >= 0.3 is 5.97 Å². The number of carbonyl (C=O) groups is 1. The molecule has 2 heterocycles. The summed E-state index contributed by atoms with van der Waals surface area (Å²) in [5, 5.41) is 0. The van der Waals surface area contributed by atoms with Crippen LogP contribution in [0.1, 0.15) is 18.2 Å². The summed E-state index contributed by atoms with van der Waals surface area (Å²) in [6.45, 7) is 2.55. The van der Waals surface area contributed by atoms with Crippen LogP contribution in [0.3, 0.4) is 0 Å². The van der Waals surface area contributed by atoms with Gasteiger partial charge in [0.05, 0.1) is 12.2 Å². The first-order valence-electron chi connectivity index (χ1n) is 6.80. The van der Waals surface area contributed by atoms with Gasteiger partial charge in [-0.3, -0.25) is 0 Å². The lowest BCUT2D eigenvalue weighted by molar-refractivity contribution is -0.130. The largest absolute Gasteiger partial charge is 0.494 e. The quantitative estimate of drug-likeness (QED) is 0.431. The lowest BCUT2D eigenvalue weighted by Crippen LogP contribution is -1.97. The Hall–Kier alpha value is -2.02. The van der Waals surface area contributed by atoms with Crippen molar-refractivity contribution in [2.45, 2.75) is 6.92 Å². The zero-order valence-electron chi connectivity index (χ0n) is 11.8. The second kappa shape index (κ2) is 6.39. The summed E-state index contributed by atoms with van der Waals surface area (Å²) in [7, 11) is 0. The van der Waals surface area contributed by atoms with Gasteiger partial charge in [-0.25, -0.2) is 4.79 Å². The molecule has 0 amide bonds. The third-order valence-electron chi connectivity index (χ3n) is 3.07. The Morgan fingerprint density at radius 2 is 1.95 bits per heavy atom. The van der Waals surface area contributed by atoms with Gasteiger partial charge < -0.3 is 13.9 Å². The van der Waals surface area contributed by atoms with Crippen LogP contribution in [-0.2, 0) is 9.53 Å². The molecule has 0 radical (unpaired) electrons. The first-order valence-corrected chi connectivity index (χ1v) is 7.88. The molecular formula is C17H13IO4. The molecule has 0 spiro atoms. The number of ether oxygens (including phenoxy) is 2. The van der Waals surface area contributed by atoms with Crippen LogP contribution in [0.15, 0.2) is 52.5 Å². The third-order valence-corrected chi connectivity index (χ3v) is 3.65. The van der Waals surface area contributed by atoms with Gasteiger partial charge in [-0.1, -0.05) is 0 Å². The van der Waals surface area contributed by atoms with E-state index in [1.165, 1.54) is 0 Å². The Bertz CT molecular complexity index is 753. The molecule has 112 valence electrons. The van der Waals surface area contributed by atoms with Gasteiger partial charge in [0, 0.05) is 5.56 Å². The van der Waals surface area contributed by atoms with Gasteiger partial charge in [-0.15, -0.1) is 0 Å². The maximum absolute atomic E-state index is 11.9. The summed E-state index contributed by atoms with van der Waals surface area (Å²) < 4.78 is 16.9. The molecule has 22 heavy (non-hydrogen) atoms. The molecule has 1 aromatic heterocycles. The Morgan fingerprint density at radius 1 is 1.18 bits per heavy atom. The Morgan fingerprint density at radius 3 is 2.59 bits per heavy atom. The lowest BCUT2D eigenvalue weighted by Gasteiger charge is -2.05. The van der Waals surface area contributed by atoms with E-state index in [-0.39, 0.29) is 5.97 Å². The average molecular weight is 408 g/mol. The van der Waals surface area contributed by atoms with E-state index in [1.54, 1.807) is 12.2 Å². The van der Waals surface area contributed by atoms with Crippen LogP contribution in [0.4, 0.5) is 0 Å². The van der Waals surface area contributed by atoms with Gasteiger partial charge in [-0.05, 0) is 78.1 Å². The highest BCUT2D eigenvalue weighted by Crippen LogP contribution is 2.28.